The molecule has 8 heteroatoms. The van der Waals surface area contributed by atoms with Crippen LogP contribution in [0.2, 0.25) is 0 Å². The average molecular weight is 667 g/mol. The number of ether oxygens (including phenoxy) is 3. The molecule has 2 rings (SSSR count). The number of esters is 2. The molecule has 1 saturated heterocycles. The molecule has 7 atom stereocenters. The van der Waals surface area contributed by atoms with Crippen LogP contribution in [0.25, 0.3) is 0 Å². The summed E-state index contributed by atoms with van der Waals surface area (Å²) in [7, 11) is 0. The summed E-state index contributed by atoms with van der Waals surface area (Å²) in [5.41, 5.74) is 0.570. The molecule has 2 aliphatic heterocycles. The third-order valence-electron chi connectivity index (χ3n) is 9.90. The zero-order valence-electron chi connectivity index (χ0n) is 30.2. The van der Waals surface area contributed by atoms with Gasteiger partial charge in [-0.05, 0) is 64.4 Å². The van der Waals surface area contributed by atoms with Crippen molar-refractivity contribution >= 4 is 11.9 Å². The first-order valence-corrected chi connectivity index (χ1v) is 19.5. The van der Waals surface area contributed by atoms with E-state index < -0.39 is 12.2 Å². The van der Waals surface area contributed by atoms with Crippen molar-refractivity contribution in [2.75, 3.05) is 0 Å². The van der Waals surface area contributed by atoms with Gasteiger partial charge in [-0.15, -0.1) is 0 Å². The molecule has 0 bridgehead atoms. The molecule has 0 saturated carbocycles. The second-order valence-corrected chi connectivity index (χ2v) is 14.4. The predicted octanol–water partition coefficient (Wildman–Crippen LogP) is 8.41. The zero-order chi connectivity index (χ0) is 34.3. The summed E-state index contributed by atoms with van der Waals surface area (Å²) >= 11 is 0. The minimum absolute atomic E-state index is 0.144. The Morgan fingerprint density at radius 2 is 1.23 bits per heavy atom. The molecular weight excluding hydrogens is 596 g/mol. The summed E-state index contributed by atoms with van der Waals surface area (Å²) in [6, 6.07) is 0. The van der Waals surface area contributed by atoms with Gasteiger partial charge in [0.05, 0.1) is 30.5 Å². The summed E-state index contributed by atoms with van der Waals surface area (Å²) in [5, 5.41) is 31.4. The third-order valence-corrected chi connectivity index (χ3v) is 9.90. The van der Waals surface area contributed by atoms with Gasteiger partial charge < -0.3 is 29.5 Å². The standard InChI is InChI=1S/C39H70O8/c1-4-5-6-7-8-9-10-11-12-13-14-18-25-37(46-31(3)40)38-27-26-36(47-38)35(43)24-20-19-22-33(41)21-16-15-17-23-34(42)29-32-28-30(2)45-39(32)44/h28,30,33-38,41-43H,4-27,29H2,1-3H3/t30-,33?,34+,35+,36+,37+,38+/m0/s1. The van der Waals surface area contributed by atoms with E-state index in [4.69, 9.17) is 14.2 Å². The second-order valence-electron chi connectivity index (χ2n) is 14.4. The Morgan fingerprint density at radius 3 is 1.81 bits per heavy atom. The first kappa shape index (κ1) is 41.7. The number of aliphatic hydroxyl groups excluding tert-OH is 3. The van der Waals surface area contributed by atoms with Crippen molar-refractivity contribution in [1.82, 2.24) is 0 Å². The minimum atomic E-state index is -0.543. The van der Waals surface area contributed by atoms with Crippen LogP contribution in [0.1, 0.15) is 181 Å². The Morgan fingerprint density at radius 1 is 0.745 bits per heavy atom. The highest BCUT2D eigenvalue weighted by molar-refractivity contribution is 5.90. The van der Waals surface area contributed by atoms with Crippen molar-refractivity contribution in [3.05, 3.63) is 11.6 Å². The summed E-state index contributed by atoms with van der Waals surface area (Å²) in [6.45, 7) is 5.54. The van der Waals surface area contributed by atoms with Gasteiger partial charge in [0.25, 0.3) is 0 Å². The average Bonchev–Trinajstić information content (AvgIpc) is 3.64. The van der Waals surface area contributed by atoms with Gasteiger partial charge >= 0.3 is 11.9 Å². The fraction of sp³-hybridized carbons (Fsp3) is 0.897. The number of unbranched alkanes of at least 4 members (excludes halogenated alkanes) is 14. The van der Waals surface area contributed by atoms with E-state index in [1.807, 2.05) is 6.92 Å². The van der Waals surface area contributed by atoms with E-state index in [1.54, 1.807) is 6.08 Å². The van der Waals surface area contributed by atoms with Crippen molar-refractivity contribution in [2.24, 2.45) is 0 Å². The monoisotopic (exact) mass is 667 g/mol. The summed E-state index contributed by atoms with van der Waals surface area (Å²) < 4.78 is 17.0. The summed E-state index contributed by atoms with van der Waals surface area (Å²) in [5.74, 6) is -0.585. The molecule has 47 heavy (non-hydrogen) atoms. The molecule has 0 aliphatic carbocycles. The van der Waals surface area contributed by atoms with E-state index in [1.165, 1.54) is 71.1 Å². The Balaban J connectivity index is 1.50. The normalized spacial score (nSPS) is 22.1. The third kappa shape index (κ3) is 19.3. The van der Waals surface area contributed by atoms with Crippen LogP contribution >= 0.6 is 0 Å². The molecule has 8 nitrogen and oxygen atoms in total. The molecule has 274 valence electrons. The quantitative estimate of drug-likeness (QED) is 0.0537. The number of aliphatic hydroxyl groups is 3. The lowest BCUT2D eigenvalue weighted by Crippen LogP contribution is -2.33. The smallest absolute Gasteiger partial charge is 0.334 e. The second kappa shape index (κ2) is 25.5. The maximum atomic E-state index is 11.8. The number of hydrogen-bond donors (Lipinski definition) is 3. The number of hydrogen-bond acceptors (Lipinski definition) is 8. The SMILES string of the molecule is CCCCCCCCCCCCCC[C@@H](OC(C)=O)[C@H]1CC[C@H]([C@H](O)CCCCC(O)CCCCC[C@@H](O)CC2=C[C@H](C)OC2=O)O1. The van der Waals surface area contributed by atoms with Gasteiger partial charge in [-0.3, -0.25) is 4.79 Å². The van der Waals surface area contributed by atoms with Gasteiger partial charge in [-0.2, -0.15) is 0 Å². The van der Waals surface area contributed by atoms with E-state index in [2.05, 4.69) is 6.92 Å². The van der Waals surface area contributed by atoms with Gasteiger partial charge in [-0.1, -0.05) is 110 Å². The van der Waals surface area contributed by atoms with Crippen LogP contribution < -0.4 is 0 Å². The van der Waals surface area contributed by atoms with Crippen LogP contribution in [0.4, 0.5) is 0 Å². The number of rotatable bonds is 29. The zero-order valence-corrected chi connectivity index (χ0v) is 30.2. The fourth-order valence-corrected chi connectivity index (χ4v) is 7.10. The molecule has 2 heterocycles. The van der Waals surface area contributed by atoms with Gasteiger partial charge in [0.2, 0.25) is 0 Å². The first-order chi connectivity index (χ1) is 22.7. The Labute approximate surface area is 286 Å². The van der Waals surface area contributed by atoms with E-state index >= 15 is 0 Å². The number of carbonyl (C=O) groups is 2. The van der Waals surface area contributed by atoms with Crippen LogP contribution in [0.3, 0.4) is 0 Å². The molecule has 0 radical (unpaired) electrons. The topological polar surface area (TPSA) is 123 Å². The minimum Gasteiger partial charge on any atom is -0.460 e. The van der Waals surface area contributed by atoms with Crippen molar-refractivity contribution < 1.29 is 39.1 Å². The molecule has 0 aromatic heterocycles. The van der Waals surface area contributed by atoms with Gasteiger partial charge in [0, 0.05) is 18.9 Å². The summed E-state index contributed by atoms with van der Waals surface area (Å²) in [4.78, 5) is 23.5. The highest BCUT2D eigenvalue weighted by atomic mass is 16.6. The predicted molar refractivity (Wildman–Crippen MR) is 187 cm³/mol. The van der Waals surface area contributed by atoms with Gasteiger partial charge in [-0.25, -0.2) is 4.79 Å². The van der Waals surface area contributed by atoms with E-state index in [-0.39, 0.29) is 42.5 Å². The van der Waals surface area contributed by atoms with Crippen LogP contribution in [-0.2, 0) is 23.8 Å². The Kier molecular flexibility index (Phi) is 22.6. The molecule has 0 aromatic carbocycles. The van der Waals surface area contributed by atoms with Crippen molar-refractivity contribution in [3.63, 3.8) is 0 Å². The largest absolute Gasteiger partial charge is 0.460 e. The van der Waals surface area contributed by atoms with Crippen molar-refractivity contribution in [3.8, 4) is 0 Å². The van der Waals surface area contributed by atoms with E-state index in [0.29, 0.717) is 31.3 Å². The van der Waals surface area contributed by atoms with Crippen LogP contribution in [0, 0.1) is 0 Å². The highest BCUT2D eigenvalue weighted by Crippen LogP contribution is 2.30. The molecular formula is C39H70O8. The van der Waals surface area contributed by atoms with Crippen molar-refractivity contribution in [1.29, 1.82) is 0 Å². The van der Waals surface area contributed by atoms with Gasteiger partial charge in [0.15, 0.2) is 0 Å². The lowest BCUT2D eigenvalue weighted by atomic mass is 9.99. The lowest BCUT2D eigenvalue weighted by molar-refractivity contribution is -0.157. The number of carbonyl (C=O) groups excluding carboxylic acids is 2. The van der Waals surface area contributed by atoms with Crippen molar-refractivity contribution in [2.45, 2.75) is 224 Å². The summed E-state index contributed by atoms with van der Waals surface area (Å²) in [6.07, 6.45) is 24.9. The number of cyclic esters (lactones) is 1. The van der Waals surface area contributed by atoms with Crippen LogP contribution in [0.15, 0.2) is 11.6 Å². The highest BCUT2D eigenvalue weighted by Gasteiger charge is 2.36. The maximum absolute atomic E-state index is 11.8. The van der Waals surface area contributed by atoms with E-state index in [9.17, 15) is 24.9 Å². The fourth-order valence-electron chi connectivity index (χ4n) is 7.10. The maximum Gasteiger partial charge on any atom is 0.334 e. The molecule has 0 amide bonds. The molecule has 1 fully saturated rings. The molecule has 0 aromatic rings. The molecule has 3 N–H and O–H groups in total. The Bertz CT molecular complexity index is 860. The molecule has 2 aliphatic rings. The van der Waals surface area contributed by atoms with Crippen LogP contribution in [0.5, 0.6) is 0 Å². The van der Waals surface area contributed by atoms with Crippen LogP contribution in [-0.4, -0.2) is 70.0 Å². The first-order valence-electron chi connectivity index (χ1n) is 19.5. The molecule has 0 spiro atoms. The Hall–Kier alpha value is -1.48. The van der Waals surface area contributed by atoms with E-state index in [0.717, 1.165) is 70.6 Å². The molecule has 1 unspecified atom stereocenters. The van der Waals surface area contributed by atoms with Gasteiger partial charge in [0.1, 0.15) is 12.2 Å². The lowest BCUT2D eigenvalue weighted by Gasteiger charge is -2.25.